The minimum Gasteiger partial charge on any atom is -0.300 e. The summed E-state index contributed by atoms with van der Waals surface area (Å²) in [6.45, 7) is 4.08. The van der Waals surface area contributed by atoms with Crippen molar-refractivity contribution < 1.29 is 13.7 Å². The zero-order chi connectivity index (χ0) is 14.1. The molecule has 1 N–H and O–H groups in total. The summed E-state index contributed by atoms with van der Waals surface area (Å²) in [4.78, 5) is 0. The fraction of sp³-hybridized carbons (Fsp3) is 0.333. The van der Waals surface area contributed by atoms with Crippen molar-refractivity contribution in [2.75, 3.05) is 13.2 Å². The highest BCUT2D eigenvalue weighted by molar-refractivity contribution is 7.51. The van der Waals surface area contributed by atoms with Gasteiger partial charge in [0.1, 0.15) is 6.07 Å². The standard InChI is InChI=1S/C12H16N3O3P/c1-3-14-19(16,17-4-2)18-15-12(10-13)11-8-6-5-7-9-11/h5-9H,3-4H2,1-2H3,(H,14,16)/b15-12-. The molecule has 0 aliphatic rings. The van der Waals surface area contributed by atoms with Gasteiger partial charge >= 0.3 is 7.75 Å². The van der Waals surface area contributed by atoms with E-state index >= 15 is 0 Å². The number of rotatable bonds is 7. The predicted molar refractivity (Wildman–Crippen MR) is 72.6 cm³/mol. The molecule has 1 aromatic carbocycles. The average Bonchev–Trinajstić information content (AvgIpc) is 2.41. The lowest BCUT2D eigenvalue weighted by Crippen LogP contribution is -2.13. The van der Waals surface area contributed by atoms with E-state index in [4.69, 9.17) is 14.4 Å². The summed E-state index contributed by atoms with van der Waals surface area (Å²) in [5, 5.41) is 15.2. The van der Waals surface area contributed by atoms with Crippen molar-refractivity contribution >= 4 is 13.5 Å². The molecule has 0 aromatic heterocycles. The molecule has 19 heavy (non-hydrogen) atoms. The van der Waals surface area contributed by atoms with Crippen molar-refractivity contribution in [3.8, 4) is 6.07 Å². The lowest BCUT2D eigenvalue weighted by atomic mass is 10.1. The number of hydrogen-bond acceptors (Lipinski definition) is 5. The number of nitrogens with one attached hydrogen (secondary N) is 1. The number of nitrogens with zero attached hydrogens (tertiary/aromatic N) is 2. The fourth-order valence-electron chi connectivity index (χ4n) is 1.29. The highest BCUT2D eigenvalue weighted by Crippen LogP contribution is 2.43. The van der Waals surface area contributed by atoms with Gasteiger partial charge in [0.05, 0.1) is 6.61 Å². The average molecular weight is 281 g/mol. The van der Waals surface area contributed by atoms with Crippen molar-refractivity contribution in [2.24, 2.45) is 5.16 Å². The molecule has 0 aliphatic carbocycles. The van der Waals surface area contributed by atoms with Crippen molar-refractivity contribution in [2.45, 2.75) is 13.8 Å². The van der Waals surface area contributed by atoms with Gasteiger partial charge in [-0.15, -0.1) is 0 Å². The molecule has 6 nitrogen and oxygen atoms in total. The van der Waals surface area contributed by atoms with E-state index in [2.05, 4.69) is 10.2 Å². The van der Waals surface area contributed by atoms with Crippen LogP contribution in [0.4, 0.5) is 0 Å². The van der Waals surface area contributed by atoms with Gasteiger partial charge in [-0.25, -0.2) is 9.65 Å². The second kappa shape index (κ2) is 7.70. The Bertz CT molecular complexity index is 501. The molecule has 0 spiro atoms. The number of nitriles is 1. The van der Waals surface area contributed by atoms with Crippen LogP contribution in [0.15, 0.2) is 35.5 Å². The van der Waals surface area contributed by atoms with Gasteiger partial charge in [-0.2, -0.15) is 5.26 Å². The van der Waals surface area contributed by atoms with Crippen molar-refractivity contribution in [1.29, 1.82) is 5.26 Å². The molecular weight excluding hydrogens is 265 g/mol. The summed E-state index contributed by atoms with van der Waals surface area (Å²) < 4.78 is 22.0. The molecule has 1 rings (SSSR count). The molecule has 0 fully saturated rings. The molecule has 7 heteroatoms. The monoisotopic (exact) mass is 281 g/mol. The smallest absolute Gasteiger partial charge is 0.300 e. The van der Waals surface area contributed by atoms with Crippen LogP contribution in [0.5, 0.6) is 0 Å². The summed E-state index contributed by atoms with van der Waals surface area (Å²) in [6.07, 6.45) is 0. The quantitative estimate of drug-likeness (QED) is 0.472. The molecule has 0 saturated carbocycles. The summed E-state index contributed by atoms with van der Waals surface area (Å²) in [5.41, 5.74) is 0.628. The van der Waals surface area contributed by atoms with Crippen LogP contribution in [0.2, 0.25) is 0 Å². The first-order valence-corrected chi connectivity index (χ1v) is 7.41. The van der Waals surface area contributed by atoms with Gasteiger partial charge in [0.2, 0.25) is 0 Å². The molecule has 0 radical (unpaired) electrons. The van der Waals surface area contributed by atoms with E-state index in [1.54, 1.807) is 38.1 Å². The van der Waals surface area contributed by atoms with Gasteiger partial charge in [-0.1, -0.05) is 42.4 Å². The van der Waals surface area contributed by atoms with E-state index in [1.165, 1.54) is 0 Å². The fourth-order valence-corrected chi connectivity index (χ4v) is 2.40. The molecule has 0 amide bonds. The Balaban J connectivity index is 2.88. The Labute approximate surface area is 112 Å². The molecular formula is C12H16N3O3P. The molecule has 0 heterocycles. The highest BCUT2D eigenvalue weighted by atomic mass is 31.2. The van der Waals surface area contributed by atoms with E-state index in [1.807, 2.05) is 12.1 Å². The van der Waals surface area contributed by atoms with Gasteiger partial charge in [0.15, 0.2) is 5.71 Å². The zero-order valence-corrected chi connectivity index (χ0v) is 11.8. The lowest BCUT2D eigenvalue weighted by molar-refractivity contribution is 0.210. The first-order chi connectivity index (χ1) is 9.15. The number of oxime groups is 1. The summed E-state index contributed by atoms with van der Waals surface area (Å²) in [7, 11) is -3.50. The highest BCUT2D eigenvalue weighted by Gasteiger charge is 2.24. The first-order valence-electron chi connectivity index (χ1n) is 5.87. The topological polar surface area (TPSA) is 83.7 Å². The van der Waals surface area contributed by atoms with Gasteiger partial charge in [-0.05, 0) is 6.92 Å². The molecule has 1 unspecified atom stereocenters. The second-order valence-electron chi connectivity index (χ2n) is 3.43. The Hall–Kier alpha value is -1.67. The molecule has 1 aromatic rings. The van der Waals surface area contributed by atoms with Crippen molar-refractivity contribution in [3.63, 3.8) is 0 Å². The van der Waals surface area contributed by atoms with E-state index < -0.39 is 7.75 Å². The maximum atomic E-state index is 12.1. The second-order valence-corrected chi connectivity index (χ2v) is 5.16. The van der Waals surface area contributed by atoms with Crippen LogP contribution in [0.1, 0.15) is 19.4 Å². The van der Waals surface area contributed by atoms with Crippen LogP contribution in [-0.2, 0) is 13.7 Å². The number of hydrogen-bond donors (Lipinski definition) is 1. The normalized spacial score (nSPS) is 14.5. The Morgan fingerprint density at radius 2 is 2.11 bits per heavy atom. The first kappa shape index (κ1) is 15.4. The van der Waals surface area contributed by atoms with Crippen LogP contribution in [0.25, 0.3) is 0 Å². The van der Waals surface area contributed by atoms with Crippen molar-refractivity contribution in [3.05, 3.63) is 35.9 Å². The third-order valence-electron chi connectivity index (χ3n) is 2.04. The molecule has 0 aliphatic heterocycles. The minimum atomic E-state index is -3.50. The van der Waals surface area contributed by atoms with Gasteiger partial charge in [-0.3, -0.25) is 4.52 Å². The van der Waals surface area contributed by atoms with Gasteiger partial charge in [0.25, 0.3) is 0 Å². The Morgan fingerprint density at radius 1 is 1.42 bits per heavy atom. The Kier molecular flexibility index (Phi) is 6.23. The zero-order valence-electron chi connectivity index (χ0n) is 10.9. The maximum absolute atomic E-state index is 12.1. The minimum absolute atomic E-state index is 0.0402. The van der Waals surface area contributed by atoms with Gasteiger partial charge in [0, 0.05) is 12.1 Å². The van der Waals surface area contributed by atoms with E-state index in [0.717, 1.165) is 0 Å². The van der Waals surface area contributed by atoms with E-state index in [-0.39, 0.29) is 12.3 Å². The number of benzene rings is 1. The third kappa shape index (κ3) is 4.84. The maximum Gasteiger partial charge on any atom is 0.478 e. The van der Waals surface area contributed by atoms with E-state index in [0.29, 0.717) is 12.1 Å². The SMILES string of the molecule is CCNP(=O)(OCC)O/N=C(/C#N)c1ccccc1. The molecule has 1 atom stereocenters. The van der Waals surface area contributed by atoms with Crippen LogP contribution in [0, 0.1) is 11.3 Å². The van der Waals surface area contributed by atoms with Crippen molar-refractivity contribution in [1.82, 2.24) is 5.09 Å². The largest absolute Gasteiger partial charge is 0.478 e. The Morgan fingerprint density at radius 3 is 2.63 bits per heavy atom. The van der Waals surface area contributed by atoms with E-state index in [9.17, 15) is 4.57 Å². The summed E-state index contributed by atoms with van der Waals surface area (Å²) >= 11 is 0. The third-order valence-corrected chi connectivity index (χ3v) is 3.64. The summed E-state index contributed by atoms with van der Waals surface area (Å²) in [5.74, 6) is 0. The van der Waals surface area contributed by atoms with Crippen LogP contribution >= 0.6 is 7.75 Å². The molecule has 102 valence electrons. The van der Waals surface area contributed by atoms with Crippen LogP contribution in [0.3, 0.4) is 0 Å². The van der Waals surface area contributed by atoms with Gasteiger partial charge < -0.3 is 4.62 Å². The predicted octanol–water partition coefficient (Wildman–Crippen LogP) is 2.68. The molecule has 0 bridgehead atoms. The molecule has 0 saturated heterocycles. The lowest BCUT2D eigenvalue weighted by Gasteiger charge is -2.14. The van der Waals surface area contributed by atoms with Crippen LogP contribution < -0.4 is 5.09 Å². The van der Waals surface area contributed by atoms with Crippen LogP contribution in [-0.4, -0.2) is 18.9 Å². The summed E-state index contributed by atoms with van der Waals surface area (Å²) in [6, 6.07) is 10.7.